The van der Waals surface area contributed by atoms with E-state index in [2.05, 4.69) is 4.90 Å². The third-order valence-corrected chi connectivity index (χ3v) is 3.02. The maximum Gasteiger partial charge on any atom is 0.124 e. The molecule has 0 radical (unpaired) electrons. The molecule has 0 saturated heterocycles. The molecule has 1 saturated carbocycles. The van der Waals surface area contributed by atoms with Crippen LogP contribution in [-0.4, -0.2) is 29.2 Å². The SMILES string of the molecule is N#Cc1cc(F)ccc1CN(CCO)C1CC1. The number of halogens is 1. The first kappa shape index (κ1) is 12.0. The van der Waals surface area contributed by atoms with Crippen molar-refractivity contribution in [3.63, 3.8) is 0 Å². The Balaban J connectivity index is 2.13. The second kappa shape index (κ2) is 5.26. The fourth-order valence-corrected chi connectivity index (χ4v) is 1.97. The number of nitrogens with zero attached hydrogens (tertiary/aromatic N) is 2. The van der Waals surface area contributed by atoms with E-state index in [1.807, 2.05) is 6.07 Å². The zero-order valence-corrected chi connectivity index (χ0v) is 9.56. The highest BCUT2D eigenvalue weighted by atomic mass is 19.1. The predicted octanol–water partition coefficient (Wildman–Crippen LogP) is 1.65. The molecule has 0 amide bonds. The number of hydrogen-bond acceptors (Lipinski definition) is 3. The number of aliphatic hydroxyl groups is 1. The lowest BCUT2D eigenvalue weighted by Gasteiger charge is -2.21. The fourth-order valence-electron chi connectivity index (χ4n) is 1.97. The Morgan fingerprint density at radius 2 is 2.24 bits per heavy atom. The van der Waals surface area contributed by atoms with Gasteiger partial charge in [-0.05, 0) is 30.5 Å². The van der Waals surface area contributed by atoms with Gasteiger partial charge in [0.05, 0.1) is 18.2 Å². The van der Waals surface area contributed by atoms with Crippen molar-refractivity contribution in [3.05, 3.63) is 35.1 Å². The van der Waals surface area contributed by atoms with Crippen molar-refractivity contribution < 1.29 is 9.50 Å². The highest BCUT2D eigenvalue weighted by Crippen LogP contribution is 2.28. The molecule has 2 rings (SSSR count). The maximum atomic E-state index is 13.0. The molecular weight excluding hydrogens is 219 g/mol. The molecule has 0 aliphatic heterocycles. The van der Waals surface area contributed by atoms with Crippen molar-refractivity contribution in [2.45, 2.75) is 25.4 Å². The van der Waals surface area contributed by atoms with Crippen molar-refractivity contribution in [3.8, 4) is 6.07 Å². The Morgan fingerprint density at radius 3 is 2.82 bits per heavy atom. The summed E-state index contributed by atoms with van der Waals surface area (Å²) in [5.74, 6) is -0.384. The Labute approximate surface area is 100 Å². The second-order valence-corrected chi connectivity index (χ2v) is 4.34. The first-order valence-electron chi connectivity index (χ1n) is 5.78. The summed E-state index contributed by atoms with van der Waals surface area (Å²) in [6.45, 7) is 1.32. The molecule has 0 aromatic heterocycles. The maximum absolute atomic E-state index is 13.0. The van der Waals surface area contributed by atoms with Crippen LogP contribution in [0.1, 0.15) is 24.0 Å². The topological polar surface area (TPSA) is 47.3 Å². The first-order chi connectivity index (χ1) is 8.24. The van der Waals surface area contributed by atoms with E-state index in [0.29, 0.717) is 24.7 Å². The van der Waals surface area contributed by atoms with Gasteiger partial charge in [-0.2, -0.15) is 5.26 Å². The van der Waals surface area contributed by atoms with Gasteiger partial charge in [0.15, 0.2) is 0 Å². The molecule has 3 nitrogen and oxygen atoms in total. The summed E-state index contributed by atoms with van der Waals surface area (Å²) < 4.78 is 13.0. The largest absolute Gasteiger partial charge is 0.395 e. The molecule has 1 aromatic rings. The number of benzene rings is 1. The summed E-state index contributed by atoms with van der Waals surface area (Å²) in [5, 5.41) is 18.0. The summed E-state index contributed by atoms with van der Waals surface area (Å²) in [4.78, 5) is 2.15. The highest BCUT2D eigenvalue weighted by molar-refractivity contribution is 5.37. The molecular formula is C13H15FN2O. The van der Waals surface area contributed by atoms with Gasteiger partial charge in [-0.1, -0.05) is 6.07 Å². The smallest absolute Gasteiger partial charge is 0.124 e. The number of nitriles is 1. The normalized spacial score (nSPS) is 14.9. The lowest BCUT2D eigenvalue weighted by Crippen LogP contribution is -2.29. The molecule has 0 atom stereocenters. The van der Waals surface area contributed by atoms with Crippen LogP contribution in [0.4, 0.5) is 4.39 Å². The van der Waals surface area contributed by atoms with E-state index in [-0.39, 0.29) is 12.4 Å². The molecule has 0 spiro atoms. The molecule has 1 fully saturated rings. The number of rotatable bonds is 5. The van der Waals surface area contributed by atoms with E-state index in [0.717, 1.165) is 18.4 Å². The van der Waals surface area contributed by atoms with E-state index in [9.17, 15) is 4.39 Å². The lowest BCUT2D eigenvalue weighted by molar-refractivity contribution is 0.183. The molecule has 1 N–H and O–H groups in total. The van der Waals surface area contributed by atoms with Crippen molar-refractivity contribution in [1.82, 2.24) is 4.90 Å². The minimum Gasteiger partial charge on any atom is -0.395 e. The van der Waals surface area contributed by atoms with Gasteiger partial charge in [0.1, 0.15) is 5.82 Å². The summed E-state index contributed by atoms with van der Waals surface area (Å²) in [7, 11) is 0. The van der Waals surface area contributed by atoms with Crippen LogP contribution in [0.3, 0.4) is 0 Å². The Morgan fingerprint density at radius 1 is 1.47 bits per heavy atom. The van der Waals surface area contributed by atoms with Crippen LogP contribution in [0.2, 0.25) is 0 Å². The third kappa shape index (κ3) is 3.02. The molecule has 1 aliphatic carbocycles. The molecule has 1 aliphatic rings. The summed E-state index contributed by atoms with van der Waals surface area (Å²) in [6, 6.07) is 6.82. The van der Waals surface area contributed by atoms with Gasteiger partial charge >= 0.3 is 0 Å². The zero-order valence-electron chi connectivity index (χ0n) is 9.56. The molecule has 0 bridgehead atoms. The average molecular weight is 234 g/mol. The van der Waals surface area contributed by atoms with E-state index in [1.54, 1.807) is 6.07 Å². The van der Waals surface area contributed by atoms with Crippen LogP contribution in [0.25, 0.3) is 0 Å². The zero-order chi connectivity index (χ0) is 12.3. The Hall–Kier alpha value is -1.44. The molecule has 4 heteroatoms. The fraction of sp³-hybridized carbons (Fsp3) is 0.462. The number of aliphatic hydroxyl groups excluding tert-OH is 1. The Bertz CT molecular complexity index is 438. The molecule has 0 unspecified atom stereocenters. The highest BCUT2D eigenvalue weighted by Gasteiger charge is 2.28. The third-order valence-electron chi connectivity index (χ3n) is 3.02. The van der Waals surface area contributed by atoms with Gasteiger partial charge < -0.3 is 5.11 Å². The molecule has 90 valence electrons. The van der Waals surface area contributed by atoms with Crippen LogP contribution >= 0.6 is 0 Å². The van der Waals surface area contributed by atoms with Crippen molar-refractivity contribution in [1.29, 1.82) is 5.26 Å². The van der Waals surface area contributed by atoms with Crippen LogP contribution in [0.5, 0.6) is 0 Å². The van der Waals surface area contributed by atoms with Gasteiger partial charge in [-0.3, -0.25) is 4.90 Å². The molecule has 17 heavy (non-hydrogen) atoms. The van der Waals surface area contributed by atoms with Crippen molar-refractivity contribution in [2.24, 2.45) is 0 Å². The Kier molecular flexibility index (Phi) is 3.72. The van der Waals surface area contributed by atoms with Crippen LogP contribution in [0.15, 0.2) is 18.2 Å². The lowest BCUT2D eigenvalue weighted by atomic mass is 10.1. The summed E-state index contributed by atoms with van der Waals surface area (Å²) >= 11 is 0. The molecule has 0 heterocycles. The van der Waals surface area contributed by atoms with Crippen LogP contribution < -0.4 is 0 Å². The van der Waals surface area contributed by atoms with Gasteiger partial charge in [-0.25, -0.2) is 4.39 Å². The van der Waals surface area contributed by atoms with Crippen LogP contribution in [0, 0.1) is 17.1 Å². The average Bonchev–Trinajstić information content (AvgIpc) is 3.14. The molecule has 1 aromatic carbocycles. The monoisotopic (exact) mass is 234 g/mol. The van der Waals surface area contributed by atoms with Crippen molar-refractivity contribution >= 4 is 0 Å². The minimum absolute atomic E-state index is 0.111. The van der Waals surface area contributed by atoms with Gasteiger partial charge in [0, 0.05) is 19.1 Å². The van der Waals surface area contributed by atoms with E-state index in [4.69, 9.17) is 10.4 Å². The van der Waals surface area contributed by atoms with E-state index >= 15 is 0 Å². The standard InChI is InChI=1S/C13H15FN2O/c14-12-2-1-10(11(7-12)8-15)9-16(5-6-17)13-3-4-13/h1-2,7,13,17H,3-6,9H2. The summed E-state index contributed by atoms with van der Waals surface area (Å²) in [5.41, 5.74) is 1.21. The first-order valence-corrected chi connectivity index (χ1v) is 5.78. The van der Waals surface area contributed by atoms with E-state index in [1.165, 1.54) is 12.1 Å². The summed E-state index contributed by atoms with van der Waals surface area (Å²) in [6.07, 6.45) is 2.28. The number of hydrogen-bond donors (Lipinski definition) is 1. The van der Waals surface area contributed by atoms with Crippen molar-refractivity contribution in [2.75, 3.05) is 13.2 Å². The van der Waals surface area contributed by atoms with Crippen LogP contribution in [-0.2, 0) is 6.54 Å². The second-order valence-electron chi connectivity index (χ2n) is 4.34. The quantitative estimate of drug-likeness (QED) is 0.842. The van der Waals surface area contributed by atoms with Gasteiger partial charge in [0.2, 0.25) is 0 Å². The van der Waals surface area contributed by atoms with E-state index < -0.39 is 0 Å². The van der Waals surface area contributed by atoms with Gasteiger partial charge in [-0.15, -0.1) is 0 Å². The van der Waals surface area contributed by atoms with Gasteiger partial charge in [0.25, 0.3) is 0 Å². The predicted molar refractivity (Wildman–Crippen MR) is 61.6 cm³/mol. The minimum atomic E-state index is -0.384.